The lowest BCUT2D eigenvalue weighted by Gasteiger charge is -2.21. The molecule has 19 heteroatoms. The Morgan fingerprint density at radius 2 is 0.505 bits per heavy atom. The predicted molar refractivity (Wildman–Crippen MR) is 386 cm³/mol. The minimum Gasteiger partial charge on any atom is -0.462 e. The Balaban J connectivity index is 5.23. The zero-order valence-electron chi connectivity index (χ0n) is 62.3. The third kappa shape index (κ3) is 69.0. The van der Waals surface area contributed by atoms with Crippen molar-refractivity contribution in [3.63, 3.8) is 0 Å². The van der Waals surface area contributed by atoms with Gasteiger partial charge in [-0.3, -0.25) is 37.3 Å². The van der Waals surface area contributed by atoms with Crippen molar-refractivity contribution in [2.75, 3.05) is 39.6 Å². The van der Waals surface area contributed by atoms with Crippen LogP contribution in [0.5, 0.6) is 0 Å². The number of unbranched alkanes of at least 4 members (excludes halogenated alkanes) is 38. The molecule has 0 aliphatic heterocycles. The molecule has 6 atom stereocenters. The molecule has 3 unspecified atom stereocenters. The molecule has 0 fully saturated rings. The van der Waals surface area contributed by atoms with Crippen molar-refractivity contribution in [2.24, 2.45) is 23.7 Å². The van der Waals surface area contributed by atoms with Crippen molar-refractivity contribution in [3.8, 4) is 0 Å². The molecule has 0 spiro atoms. The van der Waals surface area contributed by atoms with Crippen LogP contribution in [0.25, 0.3) is 0 Å². The van der Waals surface area contributed by atoms with E-state index in [1.165, 1.54) is 180 Å². The fourth-order valence-electron chi connectivity index (χ4n) is 11.5. The smallest absolute Gasteiger partial charge is 0.462 e. The Labute approximate surface area is 581 Å². The number of esters is 4. The summed E-state index contributed by atoms with van der Waals surface area (Å²) in [6.07, 6.45) is 50.1. The second kappa shape index (κ2) is 65.4. The molecule has 0 aromatic heterocycles. The van der Waals surface area contributed by atoms with Gasteiger partial charge in [0.25, 0.3) is 0 Å². The van der Waals surface area contributed by atoms with E-state index in [9.17, 15) is 43.2 Å². The van der Waals surface area contributed by atoms with Gasteiger partial charge >= 0.3 is 39.5 Å². The molecule has 0 amide bonds. The molecular formula is C76H148O17P2. The van der Waals surface area contributed by atoms with Gasteiger partial charge in [-0.2, -0.15) is 0 Å². The van der Waals surface area contributed by atoms with E-state index in [-0.39, 0.29) is 25.7 Å². The van der Waals surface area contributed by atoms with Gasteiger partial charge in [0.15, 0.2) is 12.2 Å². The lowest BCUT2D eigenvalue weighted by Crippen LogP contribution is -2.30. The summed E-state index contributed by atoms with van der Waals surface area (Å²) >= 11 is 0. The average Bonchev–Trinajstić information content (AvgIpc) is 3.27. The molecule has 0 rings (SSSR count). The van der Waals surface area contributed by atoms with E-state index < -0.39 is 97.5 Å². The van der Waals surface area contributed by atoms with Crippen LogP contribution in [0.3, 0.4) is 0 Å². The van der Waals surface area contributed by atoms with E-state index in [4.69, 9.17) is 37.0 Å². The van der Waals surface area contributed by atoms with Crippen LogP contribution in [-0.4, -0.2) is 96.7 Å². The summed E-state index contributed by atoms with van der Waals surface area (Å²) in [6.45, 7) is 14.2. The molecule has 0 heterocycles. The van der Waals surface area contributed by atoms with Gasteiger partial charge in [0.05, 0.1) is 26.4 Å². The third-order valence-electron chi connectivity index (χ3n) is 17.9. The molecule has 3 N–H and O–H groups in total. The van der Waals surface area contributed by atoms with E-state index in [1.54, 1.807) is 0 Å². The number of carbonyl (C=O) groups excluding carboxylic acids is 4. The fraction of sp³-hybridized carbons (Fsp3) is 0.947. The standard InChI is InChI=1S/C76H148O17P2/c1-9-69(8)55-47-39-30-24-19-21-25-31-40-48-56-73(78)86-62-71(92-75(80)58-50-42-32-26-17-15-13-11-10-12-14-16-22-28-36-44-52-66(2)3)64-90-94(82,83)88-60-70(77)61-89-95(84,85)91-65-72(63-87-74(79)57-49-41-35-34-38-46-54-68(6)7)93-76(81)59-51-43-33-27-20-18-23-29-37-45-53-67(4)5/h66-72,77H,9-65H2,1-8H3,(H,82,83)(H,84,85)/t69?,70-,71-,72-/m1/s1. The fourth-order valence-corrected chi connectivity index (χ4v) is 13.1. The number of aliphatic hydroxyl groups excluding tert-OH is 1. The second-order valence-corrected chi connectivity index (χ2v) is 32.0. The van der Waals surface area contributed by atoms with Crippen LogP contribution in [0.4, 0.5) is 0 Å². The summed E-state index contributed by atoms with van der Waals surface area (Å²) in [6, 6.07) is 0. The highest BCUT2D eigenvalue weighted by Crippen LogP contribution is 2.45. The average molecular weight is 1400 g/mol. The number of phosphoric ester groups is 2. The molecule has 0 aromatic carbocycles. The number of phosphoric acid groups is 2. The number of aliphatic hydroxyl groups is 1. The number of hydrogen-bond acceptors (Lipinski definition) is 15. The molecule has 0 aliphatic rings. The van der Waals surface area contributed by atoms with Gasteiger partial charge in [-0.15, -0.1) is 0 Å². The SMILES string of the molecule is CCC(C)CCCCCCCCCCCCC(=O)OC[C@H](COP(=O)(O)OC[C@@H](O)COP(=O)(O)OC[C@@H](COC(=O)CCCCCCCCC(C)C)OC(=O)CCCCCCCCCCCCC(C)C)OC(=O)CCCCCCCCCCCCCCCCCCC(C)C. The van der Waals surface area contributed by atoms with Gasteiger partial charge < -0.3 is 33.8 Å². The van der Waals surface area contributed by atoms with Gasteiger partial charge in [-0.1, -0.05) is 331 Å². The van der Waals surface area contributed by atoms with Crippen LogP contribution in [0, 0.1) is 23.7 Å². The summed E-state index contributed by atoms with van der Waals surface area (Å²) in [7, 11) is -9.91. The molecule has 0 aliphatic carbocycles. The maximum absolute atomic E-state index is 13.1. The van der Waals surface area contributed by atoms with Crippen molar-refractivity contribution < 1.29 is 80.2 Å². The lowest BCUT2D eigenvalue weighted by atomic mass is 9.99. The highest BCUT2D eigenvalue weighted by atomic mass is 31.2. The minimum absolute atomic E-state index is 0.104. The van der Waals surface area contributed by atoms with Crippen molar-refractivity contribution in [2.45, 2.75) is 401 Å². The van der Waals surface area contributed by atoms with Crippen molar-refractivity contribution >= 4 is 39.5 Å². The van der Waals surface area contributed by atoms with Crippen molar-refractivity contribution in [3.05, 3.63) is 0 Å². The van der Waals surface area contributed by atoms with Crippen LogP contribution in [-0.2, 0) is 65.4 Å². The van der Waals surface area contributed by atoms with Crippen LogP contribution in [0.2, 0.25) is 0 Å². The number of carbonyl (C=O) groups is 4. The molecule has 0 bridgehead atoms. The predicted octanol–water partition coefficient (Wildman–Crippen LogP) is 22.0. The molecule has 0 radical (unpaired) electrons. The number of ether oxygens (including phenoxy) is 4. The van der Waals surface area contributed by atoms with E-state index in [1.807, 2.05) is 0 Å². The molecule has 95 heavy (non-hydrogen) atoms. The van der Waals surface area contributed by atoms with Gasteiger partial charge in [-0.25, -0.2) is 9.13 Å². The van der Waals surface area contributed by atoms with E-state index in [2.05, 4.69) is 55.4 Å². The third-order valence-corrected chi connectivity index (χ3v) is 19.8. The Morgan fingerprint density at radius 1 is 0.295 bits per heavy atom. The Morgan fingerprint density at radius 3 is 0.747 bits per heavy atom. The summed E-state index contributed by atoms with van der Waals surface area (Å²) in [4.78, 5) is 72.8. The normalized spacial score (nSPS) is 14.4. The summed E-state index contributed by atoms with van der Waals surface area (Å²) in [5, 5.41) is 10.6. The van der Waals surface area contributed by atoms with Crippen molar-refractivity contribution in [1.82, 2.24) is 0 Å². The van der Waals surface area contributed by atoms with Gasteiger partial charge in [0.2, 0.25) is 0 Å². The Kier molecular flexibility index (Phi) is 64.0. The Bertz CT molecular complexity index is 1870. The maximum Gasteiger partial charge on any atom is 0.472 e. The zero-order chi connectivity index (χ0) is 70.3. The molecule has 0 aromatic rings. The minimum atomic E-state index is -4.96. The molecule has 564 valence electrons. The largest absolute Gasteiger partial charge is 0.472 e. The van der Waals surface area contributed by atoms with E-state index in [0.29, 0.717) is 31.6 Å². The van der Waals surface area contributed by atoms with Gasteiger partial charge in [0.1, 0.15) is 19.3 Å². The molecular weight excluding hydrogens is 1250 g/mol. The first-order chi connectivity index (χ1) is 45.6. The second-order valence-electron chi connectivity index (χ2n) is 29.1. The maximum atomic E-state index is 13.1. The summed E-state index contributed by atoms with van der Waals surface area (Å²) in [5.74, 6) is 0.927. The van der Waals surface area contributed by atoms with Crippen LogP contribution >= 0.6 is 15.6 Å². The van der Waals surface area contributed by atoms with E-state index in [0.717, 1.165) is 114 Å². The topological polar surface area (TPSA) is 237 Å². The zero-order valence-corrected chi connectivity index (χ0v) is 64.1. The van der Waals surface area contributed by atoms with E-state index >= 15 is 0 Å². The summed E-state index contributed by atoms with van der Waals surface area (Å²) in [5.41, 5.74) is 0. The molecule has 17 nitrogen and oxygen atoms in total. The first-order valence-corrected chi connectivity index (χ1v) is 42.2. The number of hydrogen-bond donors (Lipinski definition) is 3. The van der Waals surface area contributed by atoms with Gasteiger partial charge in [-0.05, 0) is 49.4 Å². The lowest BCUT2D eigenvalue weighted by molar-refractivity contribution is -0.161. The molecule has 0 saturated heterocycles. The molecule has 0 saturated carbocycles. The first-order valence-electron chi connectivity index (χ1n) is 39.2. The Hall–Kier alpha value is -1.94. The van der Waals surface area contributed by atoms with Gasteiger partial charge in [0, 0.05) is 25.7 Å². The van der Waals surface area contributed by atoms with Crippen LogP contribution in [0.15, 0.2) is 0 Å². The van der Waals surface area contributed by atoms with Crippen LogP contribution in [0.1, 0.15) is 383 Å². The highest BCUT2D eigenvalue weighted by molar-refractivity contribution is 7.47. The quantitative estimate of drug-likeness (QED) is 0.0222. The van der Waals surface area contributed by atoms with Crippen LogP contribution < -0.4 is 0 Å². The first kappa shape index (κ1) is 93.1. The number of rotatable bonds is 73. The summed E-state index contributed by atoms with van der Waals surface area (Å²) < 4.78 is 68.5. The highest BCUT2D eigenvalue weighted by Gasteiger charge is 2.30. The van der Waals surface area contributed by atoms with Crippen molar-refractivity contribution in [1.29, 1.82) is 0 Å². The monoisotopic (exact) mass is 1400 g/mol.